The minimum absolute atomic E-state index is 0.0488. The van der Waals surface area contributed by atoms with Crippen molar-refractivity contribution in [1.29, 1.82) is 0 Å². The molecule has 0 radical (unpaired) electrons. The number of hydrogen-bond acceptors (Lipinski definition) is 3. The van der Waals surface area contributed by atoms with E-state index in [1.165, 1.54) is 19.2 Å². The number of benzene rings is 1. The van der Waals surface area contributed by atoms with Crippen LogP contribution >= 0.6 is 11.6 Å². The van der Waals surface area contributed by atoms with Crippen LogP contribution in [0, 0.1) is 5.82 Å². The predicted octanol–water partition coefficient (Wildman–Crippen LogP) is 1.61. The van der Waals surface area contributed by atoms with E-state index in [0.29, 0.717) is 6.42 Å². The summed E-state index contributed by atoms with van der Waals surface area (Å²) in [7, 11) is 1.48. The lowest BCUT2D eigenvalue weighted by Gasteiger charge is -2.17. The third-order valence-corrected chi connectivity index (χ3v) is 2.69. The molecule has 1 aromatic rings. The average molecular weight is 276 g/mol. The van der Waals surface area contributed by atoms with Gasteiger partial charge >= 0.3 is 0 Å². The fourth-order valence-electron chi connectivity index (χ4n) is 1.53. The highest BCUT2D eigenvalue weighted by molar-refractivity contribution is 6.33. The molecular weight excluding hydrogens is 261 g/mol. The lowest BCUT2D eigenvalue weighted by Crippen LogP contribution is -2.39. The van der Waals surface area contributed by atoms with Crippen molar-refractivity contribution in [3.63, 3.8) is 0 Å². The number of rotatable bonds is 6. The van der Waals surface area contributed by atoms with Crippen LogP contribution in [0.2, 0.25) is 5.02 Å². The molecule has 2 N–H and O–H groups in total. The summed E-state index contributed by atoms with van der Waals surface area (Å²) in [5, 5.41) is 11.5. The Morgan fingerprint density at radius 1 is 1.61 bits per heavy atom. The second-order valence-corrected chi connectivity index (χ2v) is 4.14. The summed E-state index contributed by atoms with van der Waals surface area (Å²) < 4.78 is 18.4. The summed E-state index contributed by atoms with van der Waals surface area (Å²) in [5.74, 6) is -1.30. The van der Waals surface area contributed by atoms with Crippen molar-refractivity contribution >= 4 is 17.5 Å². The normalized spacial score (nSPS) is 12.2. The zero-order valence-corrected chi connectivity index (χ0v) is 10.7. The first-order valence-electron chi connectivity index (χ1n) is 5.44. The van der Waals surface area contributed by atoms with Crippen LogP contribution in [0.4, 0.5) is 4.39 Å². The van der Waals surface area contributed by atoms with Gasteiger partial charge in [0.25, 0.3) is 5.91 Å². The minimum atomic E-state index is -0.680. The molecule has 1 rings (SSSR count). The number of aliphatic hydroxyl groups is 1. The van der Waals surface area contributed by atoms with Gasteiger partial charge in [-0.05, 0) is 18.6 Å². The van der Waals surface area contributed by atoms with E-state index >= 15 is 0 Å². The summed E-state index contributed by atoms with van der Waals surface area (Å²) in [5.41, 5.74) is -0.196. The zero-order chi connectivity index (χ0) is 13.5. The predicted molar refractivity (Wildman–Crippen MR) is 66.2 cm³/mol. The molecule has 1 aromatic carbocycles. The van der Waals surface area contributed by atoms with Gasteiger partial charge in [0.15, 0.2) is 0 Å². The molecule has 0 saturated carbocycles. The van der Waals surface area contributed by atoms with Gasteiger partial charge in [-0.25, -0.2) is 4.39 Å². The largest absolute Gasteiger partial charge is 0.396 e. The first kappa shape index (κ1) is 14.9. The molecule has 0 aliphatic rings. The van der Waals surface area contributed by atoms with E-state index in [4.69, 9.17) is 21.4 Å². The summed E-state index contributed by atoms with van der Waals surface area (Å²) in [6.07, 6.45) is 0.325. The molecule has 0 aromatic heterocycles. The zero-order valence-electron chi connectivity index (χ0n) is 9.95. The van der Waals surface area contributed by atoms with E-state index in [1.807, 2.05) is 0 Å². The van der Waals surface area contributed by atoms with E-state index in [9.17, 15) is 9.18 Å². The van der Waals surface area contributed by atoms with Gasteiger partial charge in [-0.15, -0.1) is 0 Å². The van der Waals surface area contributed by atoms with Gasteiger partial charge < -0.3 is 15.2 Å². The Morgan fingerprint density at radius 3 is 2.89 bits per heavy atom. The highest BCUT2D eigenvalue weighted by Crippen LogP contribution is 2.18. The van der Waals surface area contributed by atoms with Crippen LogP contribution in [0.5, 0.6) is 0 Å². The lowest BCUT2D eigenvalue weighted by atomic mass is 10.1. The molecule has 1 unspecified atom stereocenters. The quantitative estimate of drug-likeness (QED) is 0.829. The van der Waals surface area contributed by atoms with Crippen LogP contribution in [-0.4, -0.2) is 37.4 Å². The molecule has 1 atom stereocenters. The lowest BCUT2D eigenvalue weighted by molar-refractivity contribution is 0.0875. The number of nitrogens with one attached hydrogen (secondary N) is 1. The van der Waals surface area contributed by atoms with E-state index < -0.39 is 11.7 Å². The molecule has 0 aliphatic carbocycles. The number of carbonyl (C=O) groups is 1. The molecule has 0 fully saturated rings. The maximum Gasteiger partial charge on any atom is 0.256 e. The Balaban J connectivity index is 2.80. The first-order valence-corrected chi connectivity index (χ1v) is 5.82. The van der Waals surface area contributed by atoms with E-state index in [0.717, 1.165) is 6.07 Å². The molecule has 0 spiro atoms. The standard InChI is InChI=1S/C12H15ClFNO3/c1-18-7-8(5-6-16)15-12(17)11-9(13)3-2-4-10(11)14/h2-4,8,16H,5-7H2,1H3,(H,15,17). The Bertz CT molecular complexity index is 388. The van der Waals surface area contributed by atoms with Crippen LogP contribution < -0.4 is 5.32 Å². The third kappa shape index (κ3) is 3.94. The van der Waals surface area contributed by atoms with Gasteiger partial charge in [0, 0.05) is 13.7 Å². The van der Waals surface area contributed by atoms with Crippen molar-refractivity contribution in [3.8, 4) is 0 Å². The molecule has 6 heteroatoms. The molecule has 18 heavy (non-hydrogen) atoms. The fourth-order valence-corrected chi connectivity index (χ4v) is 1.78. The molecule has 0 aliphatic heterocycles. The van der Waals surface area contributed by atoms with Crippen molar-refractivity contribution in [2.75, 3.05) is 20.3 Å². The second kappa shape index (κ2) is 7.31. The third-order valence-electron chi connectivity index (χ3n) is 2.37. The van der Waals surface area contributed by atoms with Crippen LogP contribution in [0.15, 0.2) is 18.2 Å². The number of hydrogen-bond donors (Lipinski definition) is 2. The first-order chi connectivity index (χ1) is 8.60. The summed E-state index contributed by atoms with van der Waals surface area (Å²) >= 11 is 5.78. The molecular formula is C12H15ClFNO3. The number of ether oxygens (including phenoxy) is 1. The van der Waals surface area contributed by atoms with Gasteiger partial charge in [0.2, 0.25) is 0 Å². The minimum Gasteiger partial charge on any atom is -0.396 e. The Morgan fingerprint density at radius 2 is 2.33 bits per heavy atom. The van der Waals surface area contributed by atoms with Gasteiger partial charge in [-0.1, -0.05) is 17.7 Å². The van der Waals surface area contributed by atoms with Crippen molar-refractivity contribution in [1.82, 2.24) is 5.32 Å². The number of methoxy groups -OCH3 is 1. The van der Waals surface area contributed by atoms with Crippen molar-refractivity contribution in [2.45, 2.75) is 12.5 Å². The molecule has 0 saturated heterocycles. The highest BCUT2D eigenvalue weighted by atomic mass is 35.5. The van der Waals surface area contributed by atoms with E-state index in [-0.39, 0.29) is 29.8 Å². The van der Waals surface area contributed by atoms with Gasteiger partial charge in [0.1, 0.15) is 5.82 Å². The molecule has 4 nitrogen and oxygen atoms in total. The second-order valence-electron chi connectivity index (χ2n) is 3.73. The Hall–Kier alpha value is -1.17. The van der Waals surface area contributed by atoms with Crippen LogP contribution in [0.3, 0.4) is 0 Å². The molecule has 0 heterocycles. The monoisotopic (exact) mass is 275 g/mol. The molecule has 0 bridgehead atoms. The summed E-state index contributed by atoms with van der Waals surface area (Å²) in [4.78, 5) is 11.9. The van der Waals surface area contributed by atoms with Gasteiger partial charge in [0.05, 0.1) is 23.2 Å². The van der Waals surface area contributed by atoms with E-state index in [2.05, 4.69) is 5.32 Å². The van der Waals surface area contributed by atoms with E-state index in [1.54, 1.807) is 0 Å². The number of halogens is 2. The number of aliphatic hydroxyl groups excluding tert-OH is 1. The van der Waals surface area contributed by atoms with Crippen molar-refractivity contribution in [3.05, 3.63) is 34.6 Å². The Labute approximate surface area is 110 Å². The fraction of sp³-hybridized carbons (Fsp3) is 0.417. The number of carbonyl (C=O) groups excluding carboxylic acids is 1. The van der Waals surface area contributed by atoms with Gasteiger partial charge in [-0.3, -0.25) is 4.79 Å². The van der Waals surface area contributed by atoms with Crippen LogP contribution in [0.25, 0.3) is 0 Å². The Kier molecular flexibility index (Phi) is 6.04. The van der Waals surface area contributed by atoms with Gasteiger partial charge in [-0.2, -0.15) is 0 Å². The van der Waals surface area contributed by atoms with Crippen molar-refractivity contribution < 1.29 is 19.0 Å². The van der Waals surface area contributed by atoms with Crippen LogP contribution in [-0.2, 0) is 4.74 Å². The SMILES string of the molecule is COCC(CCO)NC(=O)c1c(F)cccc1Cl. The average Bonchev–Trinajstić information content (AvgIpc) is 2.29. The topological polar surface area (TPSA) is 58.6 Å². The maximum atomic E-state index is 13.5. The summed E-state index contributed by atoms with van der Waals surface area (Å²) in [6, 6.07) is 3.65. The smallest absolute Gasteiger partial charge is 0.256 e. The number of amides is 1. The maximum absolute atomic E-state index is 13.5. The highest BCUT2D eigenvalue weighted by Gasteiger charge is 2.19. The molecule has 100 valence electrons. The van der Waals surface area contributed by atoms with Crippen LogP contribution in [0.1, 0.15) is 16.8 Å². The summed E-state index contributed by atoms with van der Waals surface area (Å²) in [6.45, 7) is 0.137. The molecule has 1 amide bonds. The van der Waals surface area contributed by atoms with Crippen molar-refractivity contribution in [2.24, 2.45) is 0 Å².